The molecule has 0 unspecified atom stereocenters. The fourth-order valence-corrected chi connectivity index (χ4v) is 2.72. The molecule has 100 valence electrons. The Kier molecular flexibility index (Phi) is 3.15. The first-order chi connectivity index (χ1) is 9.31. The molecule has 0 saturated carbocycles. The molecule has 19 heavy (non-hydrogen) atoms. The van der Waals surface area contributed by atoms with Crippen molar-refractivity contribution in [1.29, 1.82) is 0 Å². The number of methoxy groups -OCH3 is 1. The van der Waals surface area contributed by atoms with Gasteiger partial charge in [0.25, 0.3) is 0 Å². The number of aromatic nitrogens is 2. The molecule has 0 spiro atoms. The minimum atomic E-state index is 0.882. The van der Waals surface area contributed by atoms with Crippen molar-refractivity contribution in [2.45, 2.75) is 19.3 Å². The fraction of sp³-hybridized carbons (Fsp3) is 0.400. The number of hydrogen-bond donors (Lipinski definition) is 1. The Morgan fingerprint density at radius 1 is 1.26 bits per heavy atom. The van der Waals surface area contributed by atoms with Crippen molar-refractivity contribution in [3.05, 3.63) is 29.8 Å². The maximum Gasteiger partial charge on any atom is 0.128 e. The molecule has 1 aliphatic rings. The SMILES string of the molecule is COc1ccccc1-c1nn(C)c2c1CCCCN2. The second kappa shape index (κ2) is 4.96. The number of nitrogens with one attached hydrogen (secondary N) is 1. The summed E-state index contributed by atoms with van der Waals surface area (Å²) in [4.78, 5) is 0. The topological polar surface area (TPSA) is 39.1 Å². The third-order valence-corrected chi connectivity index (χ3v) is 3.65. The molecule has 0 amide bonds. The van der Waals surface area contributed by atoms with Crippen LogP contribution in [0.4, 0.5) is 5.82 Å². The zero-order chi connectivity index (χ0) is 13.2. The van der Waals surface area contributed by atoms with E-state index < -0.39 is 0 Å². The third kappa shape index (κ3) is 2.07. The van der Waals surface area contributed by atoms with Crippen molar-refractivity contribution >= 4 is 5.82 Å². The van der Waals surface area contributed by atoms with Gasteiger partial charge in [-0.05, 0) is 31.4 Å². The molecule has 0 atom stereocenters. The van der Waals surface area contributed by atoms with Crippen LogP contribution in [-0.4, -0.2) is 23.4 Å². The minimum absolute atomic E-state index is 0.882. The Bertz CT molecular complexity index is 589. The molecule has 2 heterocycles. The normalized spacial score (nSPS) is 14.4. The van der Waals surface area contributed by atoms with Crippen LogP contribution in [0.2, 0.25) is 0 Å². The number of rotatable bonds is 2. The first-order valence-electron chi connectivity index (χ1n) is 6.74. The molecule has 0 radical (unpaired) electrons. The lowest BCUT2D eigenvalue weighted by molar-refractivity contribution is 0.416. The Balaban J connectivity index is 2.15. The van der Waals surface area contributed by atoms with E-state index in [0.29, 0.717) is 0 Å². The van der Waals surface area contributed by atoms with Gasteiger partial charge in [-0.2, -0.15) is 5.10 Å². The highest BCUT2D eigenvalue weighted by atomic mass is 16.5. The monoisotopic (exact) mass is 257 g/mol. The van der Waals surface area contributed by atoms with Crippen LogP contribution in [0.5, 0.6) is 5.75 Å². The van der Waals surface area contributed by atoms with Gasteiger partial charge in [-0.3, -0.25) is 4.68 Å². The van der Waals surface area contributed by atoms with Crippen molar-refractivity contribution in [3.63, 3.8) is 0 Å². The summed E-state index contributed by atoms with van der Waals surface area (Å²) in [7, 11) is 3.70. The zero-order valence-corrected chi connectivity index (χ0v) is 11.4. The van der Waals surface area contributed by atoms with Gasteiger partial charge in [0.2, 0.25) is 0 Å². The Morgan fingerprint density at radius 3 is 2.95 bits per heavy atom. The Morgan fingerprint density at radius 2 is 2.11 bits per heavy atom. The second-order valence-corrected chi connectivity index (χ2v) is 4.88. The van der Waals surface area contributed by atoms with Gasteiger partial charge in [-0.25, -0.2) is 0 Å². The van der Waals surface area contributed by atoms with Crippen LogP contribution in [0.25, 0.3) is 11.3 Å². The van der Waals surface area contributed by atoms with Crippen LogP contribution in [0.1, 0.15) is 18.4 Å². The van der Waals surface area contributed by atoms with Crippen molar-refractivity contribution in [2.24, 2.45) is 7.05 Å². The van der Waals surface area contributed by atoms with Crippen LogP contribution < -0.4 is 10.1 Å². The van der Waals surface area contributed by atoms with E-state index in [1.165, 1.54) is 18.4 Å². The summed E-state index contributed by atoms with van der Waals surface area (Å²) in [5, 5.41) is 8.17. The van der Waals surface area contributed by atoms with E-state index in [0.717, 1.165) is 35.8 Å². The predicted octanol–water partition coefficient (Wildman–Crippen LogP) is 2.84. The summed E-state index contributed by atoms with van der Waals surface area (Å²) in [6.07, 6.45) is 3.48. The molecule has 0 bridgehead atoms. The van der Waals surface area contributed by atoms with Gasteiger partial charge in [0.15, 0.2) is 0 Å². The van der Waals surface area contributed by atoms with Gasteiger partial charge in [-0.15, -0.1) is 0 Å². The standard InChI is InChI=1S/C15H19N3O/c1-18-15-12(8-5-6-10-16-15)14(17-18)11-7-3-4-9-13(11)19-2/h3-4,7,9,16H,5-6,8,10H2,1-2H3. The molecular formula is C15H19N3O. The largest absolute Gasteiger partial charge is 0.496 e. The summed E-state index contributed by atoms with van der Waals surface area (Å²) in [6, 6.07) is 8.08. The van der Waals surface area contributed by atoms with Crippen molar-refractivity contribution in [2.75, 3.05) is 19.0 Å². The van der Waals surface area contributed by atoms with Gasteiger partial charge < -0.3 is 10.1 Å². The Labute approximate surface area is 113 Å². The van der Waals surface area contributed by atoms with Crippen molar-refractivity contribution < 1.29 is 4.74 Å². The second-order valence-electron chi connectivity index (χ2n) is 4.88. The molecular weight excluding hydrogens is 238 g/mol. The van der Waals surface area contributed by atoms with E-state index in [9.17, 15) is 0 Å². The number of aryl methyl sites for hydroxylation is 1. The molecule has 4 heteroatoms. The lowest BCUT2D eigenvalue weighted by Crippen LogP contribution is -2.04. The first-order valence-corrected chi connectivity index (χ1v) is 6.74. The number of benzene rings is 1. The van der Waals surface area contributed by atoms with Gasteiger partial charge in [0.1, 0.15) is 17.3 Å². The number of para-hydroxylation sites is 1. The Hall–Kier alpha value is -1.97. The number of fused-ring (bicyclic) bond motifs is 1. The van der Waals surface area contributed by atoms with E-state index in [2.05, 4.69) is 16.5 Å². The van der Waals surface area contributed by atoms with E-state index in [1.807, 2.05) is 29.9 Å². The van der Waals surface area contributed by atoms with Gasteiger partial charge in [0, 0.05) is 24.7 Å². The van der Waals surface area contributed by atoms with Crippen LogP contribution >= 0.6 is 0 Å². The highest BCUT2D eigenvalue weighted by Gasteiger charge is 2.20. The summed E-state index contributed by atoms with van der Waals surface area (Å²) in [6.45, 7) is 1.03. The highest BCUT2D eigenvalue weighted by molar-refractivity contribution is 5.74. The molecule has 1 aromatic heterocycles. The van der Waals surface area contributed by atoms with E-state index in [-0.39, 0.29) is 0 Å². The van der Waals surface area contributed by atoms with E-state index in [1.54, 1.807) is 7.11 Å². The maximum absolute atomic E-state index is 5.46. The minimum Gasteiger partial charge on any atom is -0.496 e. The average molecular weight is 257 g/mol. The summed E-state index contributed by atoms with van der Waals surface area (Å²) < 4.78 is 7.41. The molecule has 1 aromatic carbocycles. The fourth-order valence-electron chi connectivity index (χ4n) is 2.72. The molecule has 2 aromatic rings. The third-order valence-electron chi connectivity index (χ3n) is 3.65. The van der Waals surface area contributed by atoms with E-state index in [4.69, 9.17) is 4.74 Å². The van der Waals surface area contributed by atoms with Gasteiger partial charge in [-0.1, -0.05) is 12.1 Å². The van der Waals surface area contributed by atoms with E-state index >= 15 is 0 Å². The zero-order valence-electron chi connectivity index (χ0n) is 11.4. The molecule has 0 fully saturated rings. The molecule has 4 nitrogen and oxygen atoms in total. The number of hydrogen-bond acceptors (Lipinski definition) is 3. The lowest BCUT2D eigenvalue weighted by Gasteiger charge is -2.07. The summed E-state index contributed by atoms with van der Waals surface area (Å²) in [5.74, 6) is 2.03. The average Bonchev–Trinajstić information content (AvgIpc) is 2.64. The predicted molar refractivity (Wildman–Crippen MR) is 76.6 cm³/mol. The van der Waals surface area contributed by atoms with Crippen molar-refractivity contribution in [3.8, 4) is 17.0 Å². The van der Waals surface area contributed by atoms with Crippen LogP contribution in [0.3, 0.4) is 0 Å². The summed E-state index contributed by atoms with van der Waals surface area (Å²) >= 11 is 0. The molecule has 0 aliphatic carbocycles. The first kappa shape index (κ1) is 12.1. The quantitative estimate of drug-likeness (QED) is 0.899. The van der Waals surface area contributed by atoms with Crippen molar-refractivity contribution in [1.82, 2.24) is 9.78 Å². The van der Waals surface area contributed by atoms with Crippen LogP contribution in [0, 0.1) is 0 Å². The van der Waals surface area contributed by atoms with Crippen LogP contribution in [0.15, 0.2) is 24.3 Å². The number of ether oxygens (including phenoxy) is 1. The molecule has 0 saturated heterocycles. The lowest BCUT2D eigenvalue weighted by atomic mass is 10.0. The molecule has 3 rings (SSSR count). The smallest absolute Gasteiger partial charge is 0.128 e. The molecule has 1 aliphatic heterocycles. The van der Waals surface area contributed by atoms with Gasteiger partial charge in [0.05, 0.1) is 7.11 Å². The van der Waals surface area contributed by atoms with Gasteiger partial charge >= 0.3 is 0 Å². The summed E-state index contributed by atoms with van der Waals surface area (Å²) in [5.41, 5.74) is 3.43. The number of anilines is 1. The highest BCUT2D eigenvalue weighted by Crippen LogP contribution is 2.36. The maximum atomic E-state index is 5.46. The molecule has 1 N–H and O–H groups in total. The number of nitrogens with zero attached hydrogens (tertiary/aromatic N) is 2. The van der Waals surface area contributed by atoms with Crippen LogP contribution in [-0.2, 0) is 13.5 Å².